The standard InChI is InChI=1S/C12H12N4O2/c13-11-5-8(15-16-11)12(17)14-9-6-18-10-4-2-1-3-7(9)10/h1-5,9H,6H2,(H,14,17)(H3,13,15,16). The van der Waals surface area contributed by atoms with Crippen molar-refractivity contribution < 1.29 is 9.53 Å². The Morgan fingerprint density at radius 2 is 2.33 bits per heavy atom. The normalized spacial score (nSPS) is 17.0. The van der Waals surface area contributed by atoms with Crippen LogP contribution in [0.4, 0.5) is 5.82 Å². The molecular formula is C12H12N4O2. The van der Waals surface area contributed by atoms with E-state index in [0.717, 1.165) is 11.3 Å². The highest BCUT2D eigenvalue weighted by molar-refractivity contribution is 5.93. The molecule has 0 aliphatic carbocycles. The first-order valence-corrected chi connectivity index (χ1v) is 5.57. The number of hydrogen-bond acceptors (Lipinski definition) is 4. The van der Waals surface area contributed by atoms with E-state index in [9.17, 15) is 4.79 Å². The first-order chi connectivity index (χ1) is 8.74. The fourth-order valence-electron chi connectivity index (χ4n) is 1.97. The third kappa shape index (κ3) is 1.77. The number of ether oxygens (including phenoxy) is 1. The van der Waals surface area contributed by atoms with E-state index in [1.807, 2.05) is 24.3 Å². The Morgan fingerprint density at radius 1 is 1.50 bits per heavy atom. The summed E-state index contributed by atoms with van der Waals surface area (Å²) in [6, 6.07) is 9.00. The molecule has 3 rings (SSSR count). The number of aromatic amines is 1. The van der Waals surface area contributed by atoms with Gasteiger partial charge in [0, 0.05) is 11.6 Å². The second-order valence-electron chi connectivity index (χ2n) is 4.08. The van der Waals surface area contributed by atoms with Crippen molar-refractivity contribution in [1.82, 2.24) is 15.5 Å². The molecule has 1 amide bonds. The Kier molecular flexibility index (Phi) is 2.40. The minimum absolute atomic E-state index is 0.141. The van der Waals surface area contributed by atoms with Gasteiger partial charge < -0.3 is 15.8 Å². The van der Waals surface area contributed by atoms with E-state index >= 15 is 0 Å². The van der Waals surface area contributed by atoms with Crippen LogP contribution >= 0.6 is 0 Å². The molecule has 0 spiro atoms. The van der Waals surface area contributed by atoms with Crippen LogP contribution in [-0.4, -0.2) is 22.7 Å². The zero-order valence-corrected chi connectivity index (χ0v) is 9.51. The molecule has 1 atom stereocenters. The minimum Gasteiger partial charge on any atom is -0.491 e. The number of fused-ring (bicyclic) bond motifs is 1. The molecule has 0 bridgehead atoms. The van der Waals surface area contributed by atoms with Gasteiger partial charge in [0.1, 0.15) is 23.9 Å². The maximum absolute atomic E-state index is 11.9. The van der Waals surface area contributed by atoms with E-state index in [-0.39, 0.29) is 11.9 Å². The zero-order chi connectivity index (χ0) is 12.5. The molecule has 1 unspecified atom stereocenters. The summed E-state index contributed by atoms with van der Waals surface area (Å²) < 4.78 is 5.49. The molecule has 1 aromatic heterocycles. The number of carbonyl (C=O) groups is 1. The molecule has 18 heavy (non-hydrogen) atoms. The molecule has 4 N–H and O–H groups in total. The molecule has 0 fully saturated rings. The monoisotopic (exact) mass is 244 g/mol. The number of aromatic nitrogens is 2. The molecule has 1 aromatic carbocycles. The Morgan fingerprint density at radius 3 is 3.11 bits per heavy atom. The number of rotatable bonds is 2. The number of para-hydroxylation sites is 1. The van der Waals surface area contributed by atoms with Crippen molar-refractivity contribution in [2.45, 2.75) is 6.04 Å². The van der Waals surface area contributed by atoms with Gasteiger partial charge in [0.15, 0.2) is 0 Å². The summed E-state index contributed by atoms with van der Waals surface area (Å²) in [5, 5.41) is 9.17. The Hall–Kier alpha value is -2.50. The average molecular weight is 244 g/mol. The van der Waals surface area contributed by atoms with Crippen molar-refractivity contribution in [2.24, 2.45) is 0 Å². The average Bonchev–Trinajstić information content (AvgIpc) is 2.97. The van der Waals surface area contributed by atoms with Gasteiger partial charge in [-0.25, -0.2) is 0 Å². The van der Waals surface area contributed by atoms with Crippen LogP contribution in [0.1, 0.15) is 22.1 Å². The summed E-state index contributed by atoms with van der Waals surface area (Å²) in [6.07, 6.45) is 0. The third-order valence-corrected chi connectivity index (χ3v) is 2.85. The van der Waals surface area contributed by atoms with Gasteiger partial charge in [0.25, 0.3) is 5.91 Å². The van der Waals surface area contributed by atoms with Crippen LogP contribution in [0.15, 0.2) is 30.3 Å². The number of nitrogen functional groups attached to an aromatic ring is 1. The number of nitrogens with one attached hydrogen (secondary N) is 2. The smallest absolute Gasteiger partial charge is 0.269 e. The Bertz CT molecular complexity index is 593. The van der Waals surface area contributed by atoms with Gasteiger partial charge in [0.2, 0.25) is 0 Å². The van der Waals surface area contributed by atoms with Gasteiger partial charge >= 0.3 is 0 Å². The van der Waals surface area contributed by atoms with Gasteiger partial charge in [-0.05, 0) is 6.07 Å². The number of nitrogens with zero attached hydrogens (tertiary/aromatic N) is 1. The van der Waals surface area contributed by atoms with Crippen LogP contribution in [0, 0.1) is 0 Å². The topological polar surface area (TPSA) is 93.0 Å². The summed E-state index contributed by atoms with van der Waals surface area (Å²) in [4.78, 5) is 11.9. The third-order valence-electron chi connectivity index (χ3n) is 2.85. The van der Waals surface area contributed by atoms with Crippen LogP contribution in [0.25, 0.3) is 0 Å². The number of amides is 1. The SMILES string of the molecule is Nc1cc(C(=O)NC2COc3ccccc32)[nH]n1. The van der Waals surface area contributed by atoms with Gasteiger partial charge in [-0.3, -0.25) is 9.89 Å². The van der Waals surface area contributed by atoms with Gasteiger partial charge in [0.05, 0.1) is 6.04 Å². The van der Waals surface area contributed by atoms with Crippen LogP contribution in [0.5, 0.6) is 5.75 Å². The van der Waals surface area contributed by atoms with E-state index in [2.05, 4.69) is 15.5 Å². The highest BCUT2D eigenvalue weighted by Crippen LogP contribution is 2.31. The molecule has 92 valence electrons. The number of anilines is 1. The quantitative estimate of drug-likeness (QED) is 0.730. The Balaban J connectivity index is 1.77. The molecule has 1 aliphatic heterocycles. The summed E-state index contributed by atoms with van der Waals surface area (Å²) >= 11 is 0. The minimum atomic E-state index is -0.246. The summed E-state index contributed by atoms with van der Waals surface area (Å²) in [6.45, 7) is 0.439. The van der Waals surface area contributed by atoms with E-state index in [1.54, 1.807) is 0 Å². The summed E-state index contributed by atoms with van der Waals surface area (Å²) in [5.41, 5.74) is 6.78. The molecule has 0 saturated heterocycles. The molecule has 0 saturated carbocycles. The van der Waals surface area contributed by atoms with Crippen LogP contribution in [0.3, 0.4) is 0 Å². The first kappa shape index (κ1) is 10.6. The van der Waals surface area contributed by atoms with Gasteiger partial charge in [-0.1, -0.05) is 18.2 Å². The molecule has 0 radical (unpaired) electrons. The van der Waals surface area contributed by atoms with Crippen molar-refractivity contribution in [3.05, 3.63) is 41.6 Å². The molecule has 6 heteroatoms. The van der Waals surface area contributed by atoms with Crippen LogP contribution in [0.2, 0.25) is 0 Å². The second kappa shape index (κ2) is 4.06. The maximum Gasteiger partial charge on any atom is 0.269 e. The fourth-order valence-corrected chi connectivity index (χ4v) is 1.97. The number of benzene rings is 1. The van der Waals surface area contributed by atoms with E-state index in [0.29, 0.717) is 18.1 Å². The van der Waals surface area contributed by atoms with Crippen molar-refractivity contribution in [3.63, 3.8) is 0 Å². The second-order valence-corrected chi connectivity index (χ2v) is 4.08. The predicted octanol–water partition coefficient (Wildman–Crippen LogP) is 0.855. The van der Waals surface area contributed by atoms with Crippen molar-refractivity contribution in [3.8, 4) is 5.75 Å². The maximum atomic E-state index is 11.9. The lowest BCUT2D eigenvalue weighted by Gasteiger charge is -2.10. The summed E-state index contributed by atoms with van der Waals surface area (Å²) in [5.74, 6) is 0.861. The van der Waals surface area contributed by atoms with Crippen molar-refractivity contribution in [2.75, 3.05) is 12.3 Å². The van der Waals surface area contributed by atoms with Gasteiger partial charge in [-0.15, -0.1) is 0 Å². The van der Waals surface area contributed by atoms with Crippen LogP contribution in [-0.2, 0) is 0 Å². The molecule has 2 heterocycles. The predicted molar refractivity (Wildman–Crippen MR) is 65.1 cm³/mol. The highest BCUT2D eigenvalue weighted by atomic mass is 16.5. The largest absolute Gasteiger partial charge is 0.491 e. The van der Waals surface area contributed by atoms with Crippen molar-refractivity contribution in [1.29, 1.82) is 0 Å². The van der Waals surface area contributed by atoms with E-state index < -0.39 is 0 Å². The first-order valence-electron chi connectivity index (χ1n) is 5.57. The number of H-pyrrole nitrogens is 1. The zero-order valence-electron chi connectivity index (χ0n) is 9.51. The Labute approximate surface area is 103 Å². The number of nitrogens with two attached hydrogens (primary N) is 1. The number of carbonyl (C=O) groups excluding carboxylic acids is 1. The lowest BCUT2D eigenvalue weighted by Crippen LogP contribution is -2.29. The summed E-state index contributed by atoms with van der Waals surface area (Å²) in [7, 11) is 0. The lowest BCUT2D eigenvalue weighted by atomic mass is 10.1. The molecule has 2 aromatic rings. The fraction of sp³-hybridized carbons (Fsp3) is 0.167. The lowest BCUT2D eigenvalue weighted by molar-refractivity contribution is 0.0925. The highest BCUT2D eigenvalue weighted by Gasteiger charge is 2.25. The number of hydrogen-bond donors (Lipinski definition) is 3. The van der Waals surface area contributed by atoms with E-state index in [1.165, 1.54) is 6.07 Å². The van der Waals surface area contributed by atoms with Crippen LogP contribution < -0.4 is 15.8 Å². The van der Waals surface area contributed by atoms with Crippen molar-refractivity contribution >= 4 is 11.7 Å². The molecular weight excluding hydrogens is 232 g/mol. The molecule has 1 aliphatic rings. The van der Waals surface area contributed by atoms with Gasteiger partial charge in [-0.2, -0.15) is 5.10 Å². The van der Waals surface area contributed by atoms with E-state index in [4.69, 9.17) is 10.5 Å². The molecule has 6 nitrogen and oxygen atoms in total.